The Hall–Kier alpha value is -1.52. The molecule has 80 valence electrons. The standard InChI is InChI=1S/C10H10F2N2O/c1-6-4-8-7(13-5-6)2-3-14(8)10(15)9(11)12/h4-5,9H,2-3H2,1H3. The molecule has 1 aliphatic heterocycles. The zero-order valence-corrected chi connectivity index (χ0v) is 8.20. The smallest absolute Gasteiger partial charge is 0.305 e. The molecule has 0 bridgehead atoms. The molecule has 1 amide bonds. The average molecular weight is 212 g/mol. The van der Waals surface area contributed by atoms with Crippen LogP contribution in [-0.4, -0.2) is 23.9 Å². The number of pyridine rings is 1. The lowest BCUT2D eigenvalue weighted by molar-refractivity contribution is -0.128. The Bertz CT molecular complexity index is 406. The van der Waals surface area contributed by atoms with Gasteiger partial charge >= 0.3 is 6.43 Å². The molecule has 0 aliphatic carbocycles. The molecule has 0 aromatic carbocycles. The number of nitrogens with zero attached hydrogens (tertiary/aromatic N) is 2. The molecule has 15 heavy (non-hydrogen) atoms. The van der Waals surface area contributed by atoms with Gasteiger partial charge in [-0.05, 0) is 18.6 Å². The minimum atomic E-state index is -2.95. The first kappa shape index (κ1) is 10.0. The molecule has 2 rings (SSSR count). The lowest BCUT2D eigenvalue weighted by atomic mass is 10.2. The molecule has 0 spiro atoms. The first-order valence-electron chi connectivity index (χ1n) is 4.64. The maximum absolute atomic E-state index is 12.3. The molecule has 2 heterocycles. The highest BCUT2D eigenvalue weighted by Crippen LogP contribution is 2.27. The lowest BCUT2D eigenvalue weighted by Crippen LogP contribution is -2.34. The van der Waals surface area contributed by atoms with E-state index in [2.05, 4.69) is 4.98 Å². The number of aryl methyl sites for hydroxylation is 1. The van der Waals surface area contributed by atoms with Crippen molar-refractivity contribution in [3.05, 3.63) is 23.5 Å². The Labute approximate surface area is 85.7 Å². The Morgan fingerprint density at radius 2 is 2.33 bits per heavy atom. The molecule has 0 saturated carbocycles. The van der Waals surface area contributed by atoms with Gasteiger partial charge < -0.3 is 4.90 Å². The largest absolute Gasteiger partial charge is 0.316 e. The van der Waals surface area contributed by atoms with Crippen LogP contribution in [0, 0.1) is 6.92 Å². The number of rotatable bonds is 1. The van der Waals surface area contributed by atoms with Gasteiger partial charge in [0, 0.05) is 19.2 Å². The van der Waals surface area contributed by atoms with E-state index in [-0.39, 0.29) is 0 Å². The van der Waals surface area contributed by atoms with Crippen molar-refractivity contribution >= 4 is 11.6 Å². The number of carbonyl (C=O) groups excluding carboxylic acids is 1. The average Bonchev–Trinajstić information content (AvgIpc) is 2.59. The second-order valence-corrected chi connectivity index (χ2v) is 3.52. The Balaban J connectivity index is 2.35. The molecule has 0 unspecified atom stereocenters. The van der Waals surface area contributed by atoms with Gasteiger partial charge in [-0.1, -0.05) is 0 Å². The normalized spacial score (nSPS) is 14.5. The molecule has 1 aromatic rings. The van der Waals surface area contributed by atoms with Gasteiger partial charge in [0.05, 0.1) is 11.4 Å². The van der Waals surface area contributed by atoms with Crippen molar-refractivity contribution in [3.8, 4) is 0 Å². The minimum Gasteiger partial charge on any atom is -0.305 e. The number of aromatic nitrogens is 1. The predicted octanol–water partition coefficient (Wildman–Crippen LogP) is 1.54. The zero-order valence-electron chi connectivity index (χ0n) is 8.20. The SMILES string of the molecule is Cc1cnc2c(c1)N(C(=O)C(F)F)CC2. The van der Waals surface area contributed by atoms with E-state index in [1.165, 1.54) is 0 Å². The van der Waals surface area contributed by atoms with Gasteiger partial charge in [0.25, 0.3) is 5.91 Å². The number of hydrogen-bond acceptors (Lipinski definition) is 2. The summed E-state index contributed by atoms with van der Waals surface area (Å²) >= 11 is 0. The number of carbonyl (C=O) groups is 1. The maximum Gasteiger partial charge on any atom is 0.316 e. The number of fused-ring (bicyclic) bond motifs is 1. The maximum atomic E-state index is 12.3. The van der Waals surface area contributed by atoms with Crippen LogP contribution in [0.4, 0.5) is 14.5 Å². The van der Waals surface area contributed by atoms with Gasteiger partial charge in [-0.25, -0.2) is 0 Å². The molecule has 0 saturated heterocycles. The van der Waals surface area contributed by atoms with Crippen LogP contribution in [0.1, 0.15) is 11.3 Å². The summed E-state index contributed by atoms with van der Waals surface area (Å²) in [5.41, 5.74) is 2.11. The Morgan fingerprint density at radius 1 is 1.60 bits per heavy atom. The second kappa shape index (κ2) is 3.56. The molecule has 0 radical (unpaired) electrons. The van der Waals surface area contributed by atoms with Crippen molar-refractivity contribution in [1.82, 2.24) is 4.98 Å². The fourth-order valence-electron chi connectivity index (χ4n) is 1.69. The molecule has 3 nitrogen and oxygen atoms in total. The van der Waals surface area contributed by atoms with Crippen LogP contribution >= 0.6 is 0 Å². The highest BCUT2D eigenvalue weighted by Gasteiger charge is 2.30. The van der Waals surface area contributed by atoms with Gasteiger partial charge in [0.15, 0.2) is 0 Å². The topological polar surface area (TPSA) is 33.2 Å². The van der Waals surface area contributed by atoms with Gasteiger partial charge in [-0.2, -0.15) is 8.78 Å². The van der Waals surface area contributed by atoms with E-state index < -0.39 is 12.3 Å². The van der Waals surface area contributed by atoms with Crippen LogP contribution in [0.5, 0.6) is 0 Å². The van der Waals surface area contributed by atoms with Crippen LogP contribution in [-0.2, 0) is 11.2 Å². The fourth-order valence-corrected chi connectivity index (χ4v) is 1.69. The van der Waals surface area contributed by atoms with Crippen LogP contribution < -0.4 is 4.90 Å². The Morgan fingerprint density at radius 3 is 3.00 bits per heavy atom. The summed E-state index contributed by atoms with van der Waals surface area (Å²) in [4.78, 5) is 16.4. The molecule has 1 aliphatic rings. The summed E-state index contributed by atoms with van der Waals surface area (Å²) in [6.45, 7) is 2.12. The second-order valence-electron chi connectivity index (χ2n) is 3.52. The molecule has 0 N–H and O–H groups in total. The minimum absolute atomic E-state index is 0.301. The third-order valence-corrected chi connectivity index (χ3v) is 2.40. The first-order valence-corrected chi connectivity index (χ1v) is 4.64. The summed E-state index contributed by atoms with van der Waals surface area (Å²) in [6.07, 6.45) is -0.722. The van der Waals surface area contributed by atoms with E-state index in [9.17, 15) is 13.6 Å². The zero-order chi connectivity index (χ0) is 11.0. The number of hydrogen-bond donors (Lipinski definition) is 0. The molecule has 5 heteroatoms. The summed E-state index contributed by atoms with van der Waals surface area (Å²) in [5.74, 6) is -1.14. The van der Waals surface area contributed by atoms with Gasteiger partial charge in [-0.3, -0.25) is 9.78 Å². The third kappa shape index (κ3) is 1.69. The van der Waals surface area contributed by atoms with Crippen LogP contribution in [0.2, 0.25) is 0 Å². The third-order valence-electron chi connectivity index (χ3n) is 2.40. The molecular weight excluding hydrogens is 202 g/mol. The summed E-state index contributed by atoms with van der Waals surface area (Å²) < 4.78 is 24.5. The quantitative estimate of drug-likeness (QED) is 0.707. The number of anilines is 1. The summed E-state index contributed by atoms with van der Waals surface area (Å²) in [5, 5.41) is 0. The highest BCUT2D eigenvalue weighted by atomic mass is 19.3. The van der Waals surface area contributed by atoms with E-state index in [0.29, 0.717) is 18.7 Å². The molecular formula is C10H10F2N2O. The first-order chi connectivity index (χ1) is 7.09. The monoisotopic (exact) mass is 212 g/mol. The molecule has 0 fully saturated rings. The number of amides is 1. The molecule has 1 aromatic heterocycles. The lowest BCUT2D eigenvalue weighted by Gasteiger charge is -2.16. The van der Waals surface area contributed by atoms with Crippen molar-refractivity contribution in [1.29, 1.82) is 0 Å². The van der Waals surface area contributed by atoms with E-state index >= 15 is 0 Å². The van der Waals surface area contributed by atoms with E-state index in [1.807, 2.05) is 6.92 Å². The van der Waals surface area contributed by atoms with Gasteiger partial charge in [0.1, 0.15) is 0 Å². The number of halogens is 2. The van der Waals surface area contributed by atoms with E-state index in [0.717, 1.165) is 16.2 Å². The fraction of sp³-hybridized carbons (Fsp3) is 0.400. The van der Waals surface area contributed by atoms with Gasteiger partial charge in [-0.15, -0.1) is 0 Å². The van der Waals surface area contributed by atoms with Crippen molar-refractivity contribution < 1.29 is 13.6 Å². The van der Waals surface area contributed by atoms with Crippen molar-refractivity contribution in [2.45, 2.75) is 19.8 Å². The van der Waals surface area contributed by atoms with Gasteiger partial charge in [0.2, 0.25) is 0 Å². The van der Waals surface area contributed by atoms with Crippen molar-refractivity contribution in [2.75, 3.05) is 11.4 Å². The van der Waals surface area contributed by atoms with E-state index in [4.69, 9.17) is 0 Å². The van der Waals surface area contributed by atoms with Crippen LogP contribution in [0.3, 0.4) is 0 Å². The summed E-state index contributed by atoms with van der Waals surface area (Å²) in [6, 6.07) is 1.72. The van der Waals surface area contributed by atoms with Crippen LogP contribution in [0.25, 0.3) is 0 Å². The Kier molecular flexibility index (Phi) is 2.38. The van der Waals surface area contributed by atoms with Crippen molar-refractivity contribution in [3.63, 3.8) is 0 Å². The number of alkyl halides is 2. The van der Waals surface area contributed by atoms with E-state index in [1.54, 1.807) is 12.3 Å². The predicted molar refractivity (Wildman–Crippen MR) is 51.0 cm³/mol. The summed E-state index contributed by atoms with van der Waals surface area (Å²) in [7, 11) is 0. The van der Waals surface area contributed by atoms with Crippen molar-refractivity contribution in [2.24, 2.45) is 0 Å². The molecule has 0 atom stereocenters. The van der Waals surface area contributed by atoms with Crippen LogP contribution in [0.15, 0.2) is 12.3 Å². The highest BCUT2D eigenvalue weighted by molar-refractivity contribution is 5.97.